The fraction of sp³-hybridized carbons (Fsp3) is 0.652. The van der Waals surface area contributed by atoms with Crippen molar-refractivity contribution in [1.82, 2.24) is 9.80 Å². The van der Waals surface area contributed by atoms with Crippen LogP contribution >= 0.6 is 0 Å². The Kier molecular flexibility index (Phi) is 7.15. The first-order valence-corrected chi connectivity index (χ1v) is 11.7. The van der Waals surface area contributed by atoms with Crippen LogP contribution < -0.4 is 0 Å². The number of alkyl halides is 3. The average molecular weight is 526 g/mol. The van der Waals surface area contributed by atoms with Gasteiger partial charge in [-0.25, -0.2) is 22.4 Å². The van der Waals surface area contributed by atoms with Crippen LogP contribution in [0.4, 0.5) is 35.5 Å². The number of ether oxygens (including phenoxy) is 1. The molecule has 200 valence electrons. The molecule has 6 nitrogen and oxygen atoms in total. The molecule has 36 heavy (non-hydrogen) atoms. The van der Waals surface area contributed by atoms with Gasteiger partial charge in [-0.2, -0.15) is 13.2 Å². The van der Waals surface area contributed by atoms with E-state index in [4.69, 9.17) is 9.84 Å². The van der Waals surface area contributed by atoms with Crippen LogP contribution in [0.3, 0.4) is 0 Å². The number of carbonyl (C=O) groups excluding carboxylic acids is 1. The van der Waals surface area contributed by atoms with Gasteiger partial charge in [0.25, 0.3) is 0 Å². The molecule has 3 fully saturated rings. The van der Waals surface area contributed by atoms with Gasteiger partial charge in [0, 0.05) is 44.6 Å². The van der Waals surface area contributed by atoms with Gasteiger partial charge in [0.1, 0.15) is 11.2 Å². The van der Waals surface area contributed by atoms with Gasteiger partial charge in [-0.15, -0.1) is 0 Å². The molecule has 0 bridgehead atoms. The molecule has 1 aromatic carbocycles. The molecule has 0 aromatic heterocycles. The Labute approximate surface area is 202 Å². The van der Waals surface area contributed by atoms with Crippen LogP contribution in [0, 0.1) is 35.1 Å². The summed E-state index contributed by atoms with van der Waals surface area (Å²) in [5.74, 6) is -10.2. The van der Waals surface area contributed by atoms with Gasteiger partial charge in [-0.05, 0) is 31.6 Å². The molecule has 1 aromatic rings. The summed E-state index contributed by atoms with van der Waals surface area (Å²) < 4.78 is 100. The minimum atomic E-state index is -5.60. The predicted molar refractivity (Wildman–Crippen MR) is 110 cm³/mol. The van der Waals surface area contributed by atoms with Gasteiger partial charge in [-0.1, -0.05) is 0 Å². The summed E-state index contributed by atoms with van der Waals surface area (Å²) in [6.45, 7) is 0.328. The lowest BCUT2D eigenvalue weighted by Gasteiger charge is -2.37. The summed E-state index contributed by atoms with van der Waals surface area (Å²) in [6, 6.07) is 0. The van der Waals surface area contributed by atoms with E-state index in [-0.39, 0.29) is 44.3 Å². The van der Waals surface area contributed by atoms with Crippen LogP contribution in [0.1, 0.15) is 49.7 Å². The van der Waals surface area contributed by atoms with E-state index in [1.165, 1.54) is 4.90 Å². The molecule has 3 aliphatic rings. The molecular weight excluding hydrogens is 501 g/mol. The number of halogens is 7. The second-order valence-electron chi connectivity index (χ2n) is 9.87. The van der Waals surface area contributed by atoms with Gasteiger partial charge in [0.2, 0.25) is 0 Å². The molecule has 1 saturated carbocycles. The van der Waals surface area contributed by atoms with Crippen molar-refractivity contribution in [2.24, 2.45) is 11.8 Å². The maximum Gasteiger partial charge on any atom is 0.422 e. The van der Waals surface area contributed by atoms with Crippen LogP contribution in [0.2, 0.25) is 0 Å². The van der Waals surface area contributed by atoms with Crippen molar-refractivity contribution in [1.29, 1.82) is 0 Å². The molecule has 1 amide bonds. The zero-order chi connectivity index (χ0) is 26.4. The number of aliphatic carboxylic acids is 1. The van der Waals surface area contributed by atoms with E-state index < -0.39 is 64.8 Å². The molecule has 1 spiro atoms. The molecule has 13 heteroatoms. The maximum atomic E-state index is 14.3. The number of hydrogen-bond acceptors (Lipinski definition) is 4. The van der Waals surface area contributed by atoms with Crippen molar-refractivity contribution in [3.8, 4) is 0 Å². The van der Waals surface area contributed by atoms with E-state index in [1.807, 2.05) is 0 Å². The quantitative estimate of drug-likeness (QED) is 0.435. The number of carbonyl (C=O) groups is 2. The molecule has 0 atom stereocenters. The first kappa shape index (κ1) is 26.5. The second-order valence-corrected chi connectivity index (χ2v) is 9.87. The summed E-state index contributed by atoms with van der Waals surface area (Å²) in [6.07, 6.45) is -3.14. The lowest BCUT2D eigenvalue weighted by molar-refractivity contribution is -0.144. The Hall–Kier alpha value is -2.57. The van der Waals surface area contributed by atoms with Gasteiger partial charge < -0.3 is 14.7 Å². The predicted octanol–water partition coefficient (Wildman–Crippen LogP) is 4.94. The number of carboxylic acids is 1. The number of likely N-dealkylation sites (tertiary alicyclic amines) is 1. The minimum Gasteiger partial charge on any atom is -0.481 e. The van der Waals surface area contributed by atoms with Gasteiger partial charge >= 0.3 is 18.2 Å². The number of carboxylic acid groups (broad SMARTS) is 1. The fourth-order valence-corrected chi connectivity index (χ4v) is 5.40. The van der Waals surface area contributed by atoms with Gasteiger partial charge in [-0.3, -0.25) is 9.69 Å². The summed E-state index contributed by atoms with van der Waals surface area (Å²) in [4.78, 5) is 26.6. The molecule has 1 aliphatic carbocycles. The van der Waals surface area contributed by atoms with E-state index in [0.29, 0.717) is 32.2 Å². The van der Waals surface area contributed by atoms with E-state index >= 15 is 0 Å². The molecule has 0 unspecified atom stereocenters. The van der Waals surface area contributed by atoms with Crippen LogP contribution in [-0.2, 0) is 22.3 Å². The third-order valence-electron chi connectivity index (χ3n) is 7.50. The Bertz CT molecular complexity index is 1000. The fourth-order valence-electron chi connectivity index (χ4n) is 5.40. The first-order valence-electron chi connectivity index (χ1n) is 11.7. The van der Waals surface area contributed by atoms with Crippen molar-refractivity contribution in [3.63, 3.8) is 0 Å². The standard InChI is InChI=1S/C23H25F7N2O4/c24-16-14(17(25)19(27)15(18(16)26)23(28,29)30)10-31-7-5-22(6-8-31)11-32(21(35)36-22)9-12-1-3-13(4-2-12)20(33)34/h12-13H,1-11H2,(H,33,34)/t12-,13-. The highest BCUT2D eigenvalue weighted by molar-refractivity contribution is 5.71. The largest absolute Gasteiger partial charge is 0.481 e. The highest BCUT2D eigenvalue weighted by Gasteiger charge is 2.48. The van der Waals surface area contributed by atoms with E-state index in [9.17, 15) is 40.3 Å². The minimum absolute atomic E-state index is 0.133. The SMILES string of the molecule is O=C1OC2(CCN(Cc3c(F)c(F)c(C(F)(F)F)c(F)c3F)CC2)CN1C[C@H]1CC[C@H](C(=O)O)CC1. The highest BCUT2D eigenvalue weighted by Crippen LogP contribution is 2.39. The highest BCUT2D eigenvalue weighted by atomic mass is 19.4. The van der Waals surface area contributed by atoms with Crippen LogP contribution in [0.25, 0.3) is 0 Å². The van der Waals surface area contributed by atoms with E-state index in [2.05, 4.69) is 0 Å². The van der Waals surface area contributed by atoms with E-state index in [0.717, 1.165) is 0 Å². The van der Waals surface area contributed by atoms with Crippen molar-refractivity contribution >= 4 is 12.1 Å². The zero-order valence-corrected chi connectivity index (χ0v) is 19.1. The van der Waals surface area contributed by atoms with Crippen molar-refractivity contribution in [2.75, 3.05) is 26.2 Å². The van der Waals surface area contributed by atoms with Crippen molar-refractivity contribution in [2.45, 2.75) is 56.8 Å². The van der Waals surface area contributed by atoms with E-state index in [1.54, 1.807) is 4.90 Å². The van der Waals surface area contributed by atoms with Crippen LogP contribution in [0.15, 0.2) is 0 Å². The summed E-state index contributed by atoms with van der Waals surface area (Å²) in [5.41, 5.74) is -4.58. The topological polar surface area (TPSA) is 70.1 Å². The lowest BCUT2D eigenvalue weighted by Crippen LogP contribution is -2.47. The number of rotatable bonds is 5. The summed E-state index contributed by atoms with van der Waals surface area (Å²) >= 11 is 0. The van der Waals surface area contributed by atoms with Crippen molar-refractivity contribution < 1.29 is 50.2 Å². The Balaban J connectivity index is 1.36. The average Bonchev–Trinajstić information content (AvgIpc) is 3.10. The monoisotopic (exact) mass is 526 g/mol. The number of nitrogens with zero attached hydrogens (tertiary/aromatic N) is 2. The number of hydrogen-bond donors (Lipinski definition) is 1. The molecule has 4 rings (SSSR count). The molecular formula is C23H25F7N2O4. The normalized spacial score (nSPS) is 24.9. The molecule has 2 heterocycles. The summed E-state index contributed by atoms with van der Waals surface area (Å²) in [5, 5.41) is 9.12. The third kappa shape index (κ3) is 5.12. The maximum absolute atomic E-state index is 14.3. The Morgan fingerprint density at radius 3 is 2.03 bits per heavy atom. The van der Waals surface area contributed by atoms with Crippen LogP contribution in [0.5, 0.6) is 0 Å². The first-order chi connectivity index (χ1) is 16.8. The zero-order valence-electron chi connectivity index (χ0n) is 19.1. The van der Waals surface area contributed by atoms with Gasteiger partial charge in [0.15, 0.2) is 23.3 Å². The second kappa shape index (κ2) is 9.71. The summed E-state index contributed by atoms with van der Waals surface area (Å²) in [7, 11) is 0. The molecule has 2 aliphatic heterocycles. The number of piperidine rings is 1. The van der Waals surface area contributed by atoms with Crippen LogP contribution in [-0.4, -0.2) is 58.7 Å². The molecule has 0 radical (unpaired) electrons. The molecule has 1 N–H and O–H groups in total. The Morgan fingerprint density at radius 1 is 0.972 bits per heavy atom. The van der Waals surface area contributed by atoms with Gasteiger partial charge in [0.05, 0.1) is 12.5 Å². The van der Waals surface area contributed by atoms with Crippen molar-refractivity contribution in [3.05, 3.63) is 34.4 Å². The smallest absolute Gasteiger partial charge is 0.422 e. The lowest BCUT2D eigenvalue weighted by atomic mass is 9.81. The number of amides is 1. The third-order valence-corrected chi connectivity index (χ3v) is 7.50. The number of benzene rings is 1. The molecule has 2 saturated heterocycles. The Morgan fingerprint density at radius 2 is 1.53 bits per heavy atom.